The highest BCUT2D eigenvalue weighted by Gasteiger charge is 2.43. The summed E-state index contributed by atoms with van der Waals surface area (Å²) in [5.74, 6) is -0.770. The van der Waals surface area contributed by atoms with Crippen LogP contribution in [-0.4, -0.2) is 26.8 Å². The van der Waals surface area contributed by atoms with Crippen LogP contribution in [0.1, 0.15) is 42.1 Å². The molecule has 0 aliphatic carbocycles. The van der Waals surface area contributed by atoms with Crippen molar-refractivity contribution in [3.05, 3.63) is 52.9 Å². The molecule has 1 saturated heterocycles. The lowest BCUT2D eigenvalue weighted by atomic mass is 9.98. The Hall–Kier alpha value is -2.57. The quantitative estimate of drug-likeness (QED) is 0.929. The summed E-state index contributed by atoms with van der Waals surface area (Å²) in [5.41, 5.74) is 7.76. The van der Waals surface area contributed by atoms with Gasteiger partial charge in [-0.2, -0.15) is 0 Å². The molecule has 2 unspecified atom stereocenters. The van der Waals surface area contributed by atoms with Gasteiger partial charge >= 0.3 is 0 Å². The molecular weight excluding hydrogens is 326 g/mol. The zero-order valence-corrected chi connectivity index (χ0v) is 13.6. The van der Waals surface area contributed by atoms with Crippen LogP contribution in [0.15, 0.2) is 24.4 Å². The summed E-state index contributed by atoms with van der Waals surface area (Å²) in [5, 5.41) is 0. The number of nitrogens with zero attached hydrogens (tertiary/aromatic N) is 3. The Morgan fingerprint density at radius 2 is 2.16 bits per heavy atom. The fourth-order valence-electron chi connectivity index (χ4n) is 3.98. The van der Waals surface area contributed by atoms with Crippen LogP contribution in [0.2, 0.25) is 0 Å². The third-order valence-corrected chi connectivity index (χ3v) is 5.11. The van der Waals surface area contributed by atoms with Crippen LogP contribution in [0.5, 0.6) is 0 Å². The van der Waals surface area contributed by atoms with Gasteiger partial charge in [-0.3, -0.25) is 4.79 Å². The number of carbonyl (C=O) groups is 1. The Bertz CT molecular complexity index is 842. The fourth-order valence-corrected chi connectivity index (χ4v) is 3.98. The number of nitrogens with two attached hydrogens (primary N) is 1. The van der Waals surface area contributed by atoms with E-state index in [0.29, 0.717) is 6.42 Å². The number of amides is 1. The molecule has 0 spiro atoms. The SMILES string of the molecule is Nc1ncc2c(n1)CC1CCC2N1C(=O)CCc1cc(F)ccc1F. The monoisotopic (exact) mass is 344 g/mol. The van der Waals surface area contributed by atoms with Crippen molar-refractivity contribution in [1.82, 2.24) is 14.9 Å². The molecule has 2 aliphatic rings. The molecule has 5 nitrogen and oxygen atoms in total. The van der Waals surface area contributed by atoms with Gasteiger partial charge < -0.3 is 10.6 Å². The van der Waals surface area contributed by atoms with Gasteiger partial charge in [0.2, 0.25) is 11.9 Å². The van der Waals surface area contributed by atoms with Crippen molar-refractivity contribution in [2.75, 3.05) is 5.73 Å². The van der Waals surface area contributed by atoms with Crippen molar-refractivity contribution in [3.8, 4) is 0 Å². The summed E-state index contributed by atoms with van der Waals surface area (Å²) in [4.78, 5) is 23.0. The van der Waals surface area contributed by atoms with Gasteiger partial charge in [0, 0.05) is 30.6 Å². The number of aromatic nitrogens is 2. The normalized spacial score (nSPS) is 21.3. The molecule has 4 rings (SSSR count). The second-order valence-electron chi connectivity index (χ2n) is 6.62. The summed E-state index contributed by atoms with van der Waals surface area (Å²) in [6.07, 6.45) is 4.48. The van der Waals surface area contributed by atoms with Gasteiger partial charge in [0.25, 0.3) is 0 Å². The molecule has 25 heavy (non-hydrogen) atoms. The predicted molar refractivity (Wildman–Crippen MR) is 87.4 cm³/mol. The van der Waals surface area contributed by atoms with Crippen molar-refractivity contribution >= 4 is 11.9 Å². The van der Waals surface area contributed by atoms with E-state index in [-0.39, 0.29) is 42.3 Å². The van der Waals surface area contributed by atoms with Crippen LogP contribution in [0.25, 0.3) is 0 Å². The molecule has 3 heterocycles. The maximum absolute atomic E-state index is 13.7. The van der Waals surface area contributed by atoms with Crippen molar-refractivity contribution in [3.63, 3.8) is 0 Å². The lowest BCUT2D eigenvalue weighted by Gasteiger charge is -2.35. The smallest absolute Gasteiger partial charge is 0.223 e. The lowest BCUT2D eigenvalue weighted by Crippen LogP contribution is -2.42. The average molecular weight is 344 g/mol. The minimum atomic E-state index is -0.495. The Balaban J connectivity index is 1.51. The van der Waals surface area contributed by atoms with Gasteiger partial charge in [0.1, 0.15) is 11.6 Å². The first kappa shape index (κ1) is 15.9. The Labute approximate surface area is 143 Å². The third-order valence-electron chi connectivity index (χ3n) is 5.11. The van der Waals surface area contributed by atoms with Gasteiger partial charge in [-0.25, -0.2) is 18.7 Å². The first-order valence-corrected chi connectivity index (χ1v) is 8.39. The maximum Gasteiger partial charge on any atom is 0.223 e. The van der Waals surface area contributed by atoms with E-state index >= 15 is 0 Å². The van der Waals surface area contributed by atoms with E-state index in [9.17, 15) is 13.6 Å². The number of nitrogen functional groups attached to an aromatic ring is 1. The van der Waals surface area contributed by atoms with E-state index < -0.39 is 11.6 Å². The third kappa shape index (κ3) is 2.83. The molecule has 0 radical (unpaired) electrons. The first-order valence-electron chi connectivity index (χ1n) is 8.39. The van der Waals surface area contributed by atoms with E-state index in [2.05, 4.69) is 9.97 Å². The van der Waals surface area contributed by atoms with Crippen LogP contribution in [-0.2, 0) is 17.6 Å². The topological polar surface area (TPSA) is 72.1 Å². The number of aryl methyl sites for hydroxylation is 1. The standard InChI is InChI=1S/C18H18F2N4O/c19-11-2-4-14(20)10(7-11)1-6-17(25)24-12-3-5-16(24)13-9-22-18(21)23-15(13)8-12/h2,4,7,9,12,16H,1,3,5-6,8H2,(H2,21,22,23). The van der Waals surface area contributed by atoms with Gasteiger partial charge in [0.15, 0.2) is 0 Å². The Kier molecular flexibility index (Phi) is 3.86. The van der Waals surface area contributed by atoms with Crippen LogP contribution in [0.4, 0.5) is 14.7 Å². The van der Waals surface area contributed by atoms with Gasteiger partial charge in [0.05, 0.1) is 11.7 Å². The van der Waals surface area contributed by atoms with E-state index in [1.54, 1.807) is 6.20 Å². The van der Waals surface area contributed by atoms with Crippen molar-refractivity contribution < 1.29 is 13.6 Å². The number of fused-ring (bicyclic) bond motifs is 4. The van der Waals surface area contributed by atoms with E-state index in [0.717, 1.165) is 42.3 Å². The highest BCUT2D eigenvalue weighted by molar-refractivity contribution is 5.78. The van der Waals surface area contributed by atoms with Crippen LogP contribution in [0, 0.1) is 11.6 Å². The second-order valence-corrected chi connectivity index (χ2v) is 6.62. The van der Waals surface area contributed by atoms with Gasteiger partial charge in [-0.15, -0.1) is 0 Å². The fraction of sp³-hybridized carbons (Fsp3) is 0.389. The highest BCUT2D eigenvalue weighted by Crippen LogP contribution is 2.43. The molecule has 1 aromatic carbocycles. The molecule has 1 amide bonds. The molecule has 7 heteroatoms. The molecule has 130 valence electrons. The average Bonchev–Trinajstić information content (AvgIpc) is 2.90. The molecule has 2 atom stereocenters. The molecule has 1 fully saturated rings. The summed E-state index contributed by atoms with van der Waals surface area (Å²) >= 11 is 0. The summed E-state index contributed by atoms with van der Waals surface area (Å²) in [6.45, 7) is 0. The molecule has 0 saturated carbocycles. The van der Waals surface area contributed by atoms with Crippen molar-refractivity contribution in [2.24, 2.45) is 0 Å². The van der Waals surface area contributed by atoms with Crippen LogP contribution in [0.3, 0.4) is 0 Å². The number of hydrogen-bond donors (Lipinski definition) is 1. The minimum absolute atomic E-state index is 0.0424. The number of benzene rings is 1. The van der Waals surface area contributed by atoms with E-state index in [1.165, 1.54) is 0 Å². The van der Waals surface area contributed by atoms with E-state index in [4.69, 9.17) is 5.73 Å². The first-order chi connectivity index (χ1) is 12.0. The number of carbonyl (C=O) groups excluding carboxylic acids is 1. The zero-order valence-electron chi connectivity index (χ0n) is 13.6. The molecule has 1 aromatic heterocycles. The molecule has 2 N–H and O–H groups in total. The summed E-state index contributed by atoms with van der Waals surface area (Å²) < 4.78 is 27.0. The number of halogens is 2. The van der Waals surface area contributed by atoms with Crippen molar-refractivity contribution in [2.45, 2.75) is 44.2 Å². The Morgan fingerprint density at radius 3 is 3.00 bits per heavy atom. The zero-order chi connectivity index (χ0) is 17.6. The predicted octanol–water partition coefficient (Wildman–Crippen LogP) is 2.56. The maximum atomic E-state index is 13.7. The summed E-state index contributed by atoms with van der Waals surface area (Å²) in [6, 6.07) is 3.38. The number of hydrogen-bond acceptors (Lipinski definition) is 4. The van der Waals surface area contributed by atoms with E-state index in [1.807, 2.05) is 4.90 Å². The number of rotatable bonds is 3. The van der Waals surface area contributed by atoms with Gasteiger partial charge in [-0.05, 0) is 43.0 Å². The van der Waals surface area contributed by atoms with Crippen LogP contribution < -0.4 is 5.73 Å². The molecule has 2 aromatic rings. The highest BCUT2D eigenvalue weighted by atomic mass is 19.1. The molecule has 2 aliphatic heterocycles. The van der Waals surface area contributed by atoms with Crippen LogP contribution >= 0.6 is 0 Å². The van der Waals surface area contributed by atoms with Gasteiger partial charge in [-0.1, -0.05) is 0 Å². The summed E-state index contributed by atoms with van der Waals surface area (Å²) in [7, 11) is 0. The Morgan fingerprint density at radius 1 is 1.32 bits per heavy atom. The lowest BCUT2D eigenvalue weighted by molar-refractivity contribution is -0.134. The second kappa shape index (κ2) is 6.06. The molecular formula is C18H18F2N4O. The van der Waals surface area contributed by atoms with Crippen molar-refractivity contribution in [1.29, 1.82) is 0 Å². The number of anilines is 1. The molecule has 2 bridgehead atoms. The largest absolute Gasteiger partial charge is 0.368 e. The minimum Gasteiger partial charge on any atom is -0.368 e.